The fourth-order valence-electron chi connectivity index (χ4n) is 7.36. The van der Waals surface area contributed by atoms with Crippen LogP contribution in [0.3, 0.4) is 0 Å². The molecule has 5 nitrogen and oxygen atoms in total. The monoisotopic (exact) mass is 446 g/mol. The average molecular weight is 447 g/mol. The topological polar surface area (TPSA) is 59.4 Å². The first-order valence-corrected chi connectivity index (χ1v) is 12.7. The Kier molecular flexibility index (Phi) is 4.08. The van der Waals surface area contributed by atoms with E-state index in [4.69, 9.17) is 23.7 Å². The molecule has 0 amide bonds. The number of rotatable bonds is 8. The Morgan fingerprint density at radius 3 is 1.33 bits per heavy atom. The second-order valence-corrected chi connectivity index (χ2v) is 10.7. The van der Waals surface area contributed by atoms with E-state index in [0.29, 0.717) is 12.2 Å². The van der Waals surface area contributed by atoms with Crippen molar-refractivity contribution in [2.24, 2.45) is 11.8 Å². The van der Waals surface area contributed by atoms with Crippen molar-refractivity contribution in [1.29, 1.82) is 0 Å². The van der Waals surface area contributed by atoms with Crippen LogP contribution in [0.25, 0.3) is 0 Å². The Labute approximate surface area is 194 Å². The largest absolute Gasteiger partial charge is 0.370 e. The Morgan fingerprint density at radius 2 is 1.03 bits per heavy atom. The van der Waals surface area contributed by atoms with E-state index in [0.717, 1.165) is 38.9 Å². The first-order valence-electron chi connectivity index (χ1n) is 12.7. The van der Waals surface area contributed by atoms with Gasteiger partial charge in [-0.15, -0.1) is 0 Å². The van der Waals surface area contributed by atoms with Gasteiger partial charge in [0.05, 0.1) is 37.6 Å². The highest BCUT2D eigenvalue weighted by atomic mass is 16.7. The third-order valence-electron chi connectivity index (χ3n) is 9.07. The van der Waals surface area contributed by atoms with Crippen LogP contribution in [0.4, 0.5) is 0 Å². The Hall–Kier alpha value is -1.76. The SMILES string of the molecule is c1ccc(C(OC(c2ccccc2)(C2CO2)C2CCC3OC32)(C2CO2)C2CCC3OC32)cc1. The minimum Gasteiger partial charge on any atom is -0.370 e. The molecule has 2 saturated carbocycles. The summed E-state index contributed by atoms with van der Waals surface area (Å²) in [7, 11) is 0. The highest BCUT2D eigenvalue weighted by Gasteiger charge is 2.71. The van der Waals surface area contributed by atoms with Gasteiger partial charge < -0.3 is 23.7 Å². The molecule has 8 rings (SSSR count). The predicted octanol–water partition coefficient (Wildman–Crippen LogP) is 3.95. The van der Waals surface area contributed by atoms with E-state index >= 15 is 0 Å². The van der Waals surface area contributed by atoms with Gasteiger partial charge in [-0.25, -0.2) is 0 Å². The number of fused-ring (bicyclic) bond motifs is 2. The maximum absolute atomic E-state index is 7.80. The van der Waals surface area contributed by atoms with Crippen molar-refractivity contribution < 1.29 is 23.7 Å². The molecule has 0 aromatic heterocycles. The van der Waals surface area contributed by atoms with Gasteiger partial charge in [0.1, 0.15) is 23.4 Å². The summed E-state index contributed by atoms with van der Waals surface area (Å²) in [4.78, 5) is 0. The van der Waals surface area contributed by atoms with Crippen LogP contribution < -0.4 is 0 Å². The van der Waals surface area contributed by atoms with Crippen molar-refractivity contribution in [2.45, 2.75) is 73.5 Å². The summed E-state index contributed by atoms with van der Waals surface area (Å²) in [6, 6.07) is 21.6. The second-order valence-electron chi connectivity index (χ2n) is 10.7. The molecule has 33 heavy (non-hydrogen) atoms. The molecular weight excluding hydrogens is 416 g/mol. The Morgan fingerprint density at radius 1 is 0.606 bits per heavy atom. The van der Waals surface area contributed by atoms with E-state index in [1.807, 2.05) is 0 Å². The van der Waals surface area contributed by atoms with Crippen LogP contribution in [0.15, 0.2) is 60.7 Å². The molecule has 0 radical (unpaired) electrons. The highest BCUT2D eigenvalue weighted by molar-refractivity contribution is 5.35. The zero-order valence-corrected chi connectivity index (χ0v) is 18.7. The van der Waals surface area contributed by atoms with Gasteiger partial charge in [0.15, 0.2) is 0 Å². The first-order chi connectivity index (χ1) is 16.3. The minimum atomic E-state index is -0.564. The van der Waals surface area contributed by atoms with Crippen LogP contribution in [0.2, 0.25) is 0 Å². The lowest BCUT2D eigenvalue weighted by molar-refractivity contribution is -0.240. The van der Waals surface area contributed by atoms with Crippen molar-refractivity contribution in [3.63, 3.8) is 0 Å². The normalized spacial score (nSPS) is 43.2. The maximum Gasteiger partial charge on any atom is 0.128 e. The third-order valence-corrected chi connectivity index (χ3v) is 9.07. The molecule has 6 fully saturated rings. The van der Waals surface area contributed by atoms with Gasteiger partial charge in [0.2, 0.25) is 0 Å². The summed E-state index contributed by atoms with van der Waals surface area (Å²) in [5.41, 5.74) is 1.29. The van der Waals surface area contributed by atoms with Gasteiger partial charge in [-0.1, -0.05) is 60.7 Å². The number of hydrogen-bond donors (Lipinski definition) is 0. The van der Waals surface area contributed by atoms with Gasteiger partial charge in [-0.05, 0) is 36.8 Å². The molecule has 2 aromatic rings. The lowest BCUT2D eigenvalue weighted by Gasteiger charge is -2.49. The first kappa shape index (κ1) is 19.5. The molecule has 0 N–H and O–H groups in total. The Balaban J connectivity index is 1.33. The van der Waals surface area contributed by atoms with E-state index in [-0.39, 0.29) is 36.3 Å². The number of ether oxygens (including phenoxy) is 5. The summed E-state index contributed by atoms with van der Waals surface area (Å²) in [5.74, 6) is 0.549. The quantitative estimate of drug-likeness (QED) is 0.575. The average Bonchev–Trinajstić information content (AvgIpc) is 3.70. The van der Waals surface area contributed by atoms with E-state index in [1.54, 1.807) is 0 Å². The summed E-state index contributed by atoms with van der Waals surface area (Å²) in [5, 5.41) is 0. The van der Waals surface area contributed by atoms with Crippen LogP contribution in [0, 0.1) is 11.8 Å². The summed E-state index contributed by atoms with van der Waals surface area (Å²) >= 11 is 0. The molecule has 6 aliphatic rings. The molecule has 4 heterocycles. The molecule has 0 spiro atoms. The van der Waals surface area contributed by atoms with Crippen molar-refractivity contribution in [1.82, 2.24) is 0 Å². The molecule has 10 atom stereocenters. The second kappa shape index (κ2) is 6.89. The molecule has 2 aromatic carbocycles. The Bertz CT molecular complexity index is 953. The van der Waals surface area contributed by atoms with Crippen molar-refractivity contribution >= 4 is 0 Å². The predicted molar refractivity (Wildman–Crippen MR) is 120 cm³/mol. The fraction of sp³-hybridized carbons (Fsp3) is 0.571. The molecule has 172 valence electrons. The van der Waals surface area contributed by atoms with Gasteiger partial charge in [-0.2, -0.15) is 0 Å². The minimum absolute atomic E-state index is 0.0343. The third kappa shape index (κ3) is 2.83. The molecule has 4 saturated heterocycles. The van der Waals surface area contributed by atoms with E-state index in [1.165, 1.54) is 11.1 Å². The van der Waals surface area contributed by atoms with E-state index in [9.17, 15) is 0 Å². The van der Waals surface area contributed by atoms with Crippen LogP contribution in [0.5, 0.6) is 0 Å². The van der Waals surface area contributed by atoms with Gasteiger partial charge in [-0.3, -0.25) is 0 Å². The van der Waals surface area contributed by atoms with Crippen molar-refractivity contribution in [2.75, 3.05) is 13.2 Å². The highest BCUT2D eigenvalue weighted by Crippen LogP contribution is 2.63. The van der Waals surface area contributed by atoms with Gasteiger partial charge in [0, 0.05) is 11.8 Å². The van der Waals surface area contributed by atoms with E-state index < -0.39 is 11.2 Å². The molecule has 5 heteroatoms. The molecule has 10 unspecified atom stereocenters. The molecular formula is C28H30O5. The van der Waals surface area contributed by atoms with Crippen molar-refractivity contribution in [3.8, 4) is 0 Å². The summed E-state index contributed by atoms with van der Waals surface area (Å²) in [6.07, 6.45) is 5.77. The standard InChI is InChI=1S/C28H30O5/c1-3-7-17(8-4-1)27(23-15-29-23,19-11-13-21-25(19)31-21)33-28(24-16-30-24,18-9-5-2-6-10-18)20-12-14-22-26(20)32-22/h1-10,19-26H,11-16H2. The summed E-state index contributed by atoms with van der Waals surface area (Å²) < 4.78 is 32.3. The number of benzene rings is 2. The lowest BCUT2D eigenvalue weighted by atomic mass is 9.72. The van der Waals surface area contributed by atoms with Crippen LogP contribution in [-0.2, 0) is 34.9 Å². The number of epoxide rings is 4. The number of hydrogen-bond acceptors (Lipinski definition) is 5. The van der Waals surface area contributed by atoms with E-state index in [2.05, 4.69) is 60.7 Å². The zero-order valence-electron chi connectivity index (χ0n) is 18.7. The van der Waals surface area contributed by atoms with Crippen LogP contribution in [-0.4, -0.2) is 49.8 Å². The smallest absolute Gasteiger partial charge is 0.128 e. The van der Waals surface area contributed by atoms with Crippen molar-refractivity contribution in [3.05, 3.63) is 71.8 Å². The zero-order chi connectivity index (χ0) is 21.6. The van der Waals surface area contributed by atoms with Crippen LogP contribution in [0.1, 0.15) is 36.8 Å². The maximum atomic E-state index is 7.80. The lowest BCUT2D eigenvalue weighted by Crippen LogP contribution is -2.56. The fourth-order valence-corrected chi connectivity index (χ4v) is 7.36. The van der Waals surface area contributed by atoms with Crippen LogP contribution >= 0.6 is 0 Å². The molecule has 0 bridgehead atoms. The molecule has 4 aliphatic heterocycles. The van der Waals surface area contributed by atoms with Gasteiger partial charge >= 0.3 is 0 Å². The molecule has 2 aliphatic carbocycles. The summed E-state index contributed by atoms with van der Waals surface area (Å²) in [6.45, 7) is 1.46. The van der Waals surface area contributed by atoms with Gasteiger partial charge in [0.25, 0.3) is 0 Å².